The SMILES string of the molecule is COc1cc(/C=C2/SC(=S)N(c3ccccc3)C2=O)c(Br)cc1OCc1ccc(Br)cc1. The van der Waals surface area contributed by atoms with Crippen molar-refractivity contribution in [1.82, 2.24) is 0 Å². The van der Waals surface area contributed by atoms with Gasteiger partial charge in [-0.15, -0.1) is 0 Å². The Bertz CT molecular complexity index is 1200. The number of thioether (sulfide) groups is 1. The van der Waals surface area contributed by atoms with Gasteiger partial charge in [-0.2, -0.15) is 0 Å². The molecule has 0 N–H and O–H groups in total. The normalized spacial score (nSPS) is 14.8. The van der Waals surface area contributed by atoms with Crippen molar-refractivity contribution in [2.75, 3.05) is 12.0 Å². The molecule has 32 heavy (non-hydrogen) atoms. The first-order chi connectivity index (χ1) is 15.5. The van der Waals surface area contributed by atoms with Gasteiger partial charge in [0, 0.05) is 8.95 Å². The smallest absolute Gasteiger partial charge is 0.270 e. The molecule has 162 valence electrons. The number of amides is 1. The van der Waals surface area contributed by atoms with Gasteiger partial charge < -0.3 is 9.47 Å². The summed E-state index contributed by atoms with van der Waals surface area (Å²) in [5.74, 6) is 1.04. The summed E-state index contributed by atoms with van der Waals surface area (Å²) < 4.78 is 13.8. The van der Waals surface area contributed by atoms with Crippen LogP contribution in [0.15, 0.2) is 80.6 Å². The third kappa shape index (κ3) is 5.09. The number of anilines is 1. The van der Waals surface area contributed by atoms with Crippen molar-refractivity contribution >= 4 is 77.8 Å². The van der Waals surface area contributed by atoms with Crippen LogP contribution < -0.4 is 14.4 Å². The predicted molar refractivity (Wildman–Crippen MR) is 141 cm³/mol. The van der Waals surface area contributed by atoms with Crippen LogP contribution >= 0.6 is 55.8 Å². The zero-order valence-corrected chi connectivity index (χ0v) is 21.7. The number of rotatable bonds is 6. The maximum Gasteiger partial charge on any atom is 0.270 e. The Morgan fingerprint density at radius 1 is 1.03 bits per heavy atom. The summed E-state index contributed by atoms with van der Waals surface area (Å²) >= 11 is 13.8. The van der Waals surface area contributed by atoms with Gasteiger partial charge in [-0.3, -0.25) is 9.69 Å². The maximum atomic E-state index is 13.0. The summed E-state index contributed by atoms with van der Waals surface area (Å²) in [6.45, 7) is 0.408. The Balaban J connectivity index is 1.57. The fourth-order valence-corrected chi connectivity index (χ4v) is 5.08. The van der Waals surface area contributed by atoms with E-state index in [9.17, 15) is 4.79 Å². The van der Waals surface area contributed by atoms with E-state index in [1.54, 1.807) is 12.0 Å². The van der Waals surface area contributed by atoms with Crippen molar-refractivity contribution in [2.24, 2.45) is 0 Å². The molecule has 0 aliphatic carbocycles. The van der Waals surface area contributed by atoms with E-state index in [1.165, 1.54) is 11.8 Å². The Morgan fingerprint density at radius 2 is 1.75 bits per heavy atom. The zero-order chi connectivity index (χ0) is 22.7. The fraction of sp³-hybridized carbons (Fsp3) is 0.0833. The highest BCUT2D eigenvalue weighted by atomic mass is 79.9. The highest BCUT2D eigenvalue weighted by molar-refractivity contribution is 9.10. The van der Waals surface area contributed by atoms with Crippen LogP contribution in [0.2, 0.25) is 0 Å². The van der Waals surface area contributed by atoms with Crippen molar-refractivity contribution in [3.63, 3.8) is 0 Å². The van der Waals surface area contributed by atoms with Gasteiger partial charge in [0.2, 0.25) is 0 Å². The Labute approximate surface area is 212 Å². The predicted octanol–water partition coefficient (Wildman–Crippen LogP) is 7.21. The van der Waals surface area contributed by atoms with E-state index >= 15 is 0 Å². The summed E-state index contributed by atoms with van der Waals surface area (Å²) in [6, 6.07) is 21.0. The highest BCUT2D eigenvalue weighted by Crippen LogP contribution is 2.39. The molecule has 0 spiro atoms. The molecule has 1 heterocycles. The number of ether oxygens (including phenoxy) is 2. The summed E-state index contributed by atoms with van der Waals surface area (Å²) in [6.07, 6.45) is 1.81. The number of methoxy groups -OCH3 is 1. The molecule has 1 aliphatic rings. The standard InChI is InChI=1S/C24H17Br2NO3S2/c1-29-20-11-16(19(26)13-21(20)30-14-15-7-9-17(25)10-8-15)12-22-23(28)27(24(31)32-22)18-5-3-2-4-6-18/h2-13H,14H2,1H3/b22-12+. The van der Waals surface area contributed by atoms with E-state index in [4.69, 9.17) is 21.7 Å². The van der Waals surface area contributed by atoms with Gasteiger partial charge in [0.1, 0.15) is 6.61 Å². The lowest BCUT2D eigenvalue weighted by Crippen LogP contribution is -2.27. The van der Waals surface area contributed by atoms with E-state index in [0.717, 1.165) is 25.8 Å². The largest absolute Gasteiger partial charge is 0.493 e. The summed E-state index contributed by atoms with van der Waals surface area (Å²) in [5.41, 5.74) is 2.60. The molecule has 3 aromatic rings. The Hall–Kier alpha value is -2.13. The molecule has 4 rings (SSSR count). The molecular formula is C24H17Br2NO3S2. The van der Waals surface area contributed by atoms with Crippen molar-refractivity contribution in [2.45, 2.75) is 6.61 Å². The highest BCUT2D eigenvalue weighted by Gasteiger charge is 2.33. The number of nitrogens with zero attached hydrogens (tertiary/aromatic N) is 1. The molecule has 1 fully saturated rings. The van der Waals surface area contributed by atoms with Gasteiger partial charge in [-0.25, -0.2) is 0 Å². The summed E-state index contributed by atoms with van der Waals surface area (Å²) in [7, 11) is 1.59. The molecule has 0 atom stereocenters. The molecule has 0 radical (unpaired) electrons. The fourth-order valence-electron chi connectivity index (χ4n) is 3.08. The average Bonchev–Trinajstić information content (AvgIpc) is 3.08. The van der Waals surface area contributed by atoms with E-state index in [-0.39, 0.29) is 5.91 Å². The second-order valence-corrected chi connectivity index (χ2v) is 10.2. The number of carbonyl (C=O) groups excluding carboxylic acids is 1. The summed E-state index contributed by atoms with van der Waals surface area (Å²) in [4.78, 5) is 15.1. The van der Waals surface area contributed by atoms with Crippen LogP contribution in [-0.4, -0.2) is 17.3 Å². The number of hydrogen-bond acceptors (Lipinski definition) is 5. The lowest BCUT2D eigenvalue weighted by atomic mass is 10.1. The molecule has 3 aromatic carbocycles. The minimum atomic E-state index is -0.146. The minimum Gasteiger partial charge on any atom is -0.493 e. The van der Waals surface area contributed by atoms with E-state index in [2.05, 4.69) is 31.9 Å². The van der Waals surface area contributed by atoms with Crippen LogP contribution in [0.25, 0.3) is 6.08 Å². The van der Waals surface area contributed by atoms with Gasteiger partial charge in [-0.05, 0) is 53.6 Å². The molecular weight excluding hydrogens is 574 g/mol. The van der Waals surface area contributed by atoms with Crippen LogP contribution in [0, 0.1) is 0 Å². The Morgan fingerprint density at radius 3 is 2.44 bits per heavy atom. The molecule has 0 aromatic heterocycles. The monoisotopic (exact) mass is 589 g/mol. The number of benzene rings is 3. The topological polar surface area (TPSA) is 38.8 Å². The van der Waals surface area contributed by atoms with E-state index < -0.39 is 0 Å². The van der Waals surface area contributed by atoms with Gasteiger partial charge in [0.05, 0.1) is 17.7 Å². The third-order valence-electron chi connectivity index (χ3n) is 4.69. The molecule has 4 nitrogen and oxygen atoms in total. The van der Waals surface area contributed by atoms with E-state index in [1.807, 2.05) is 72.8 Å². The van der Waals surface area contributed by atoms with Crippen LogP contribution in [0.5, 0.6) is 11.5 Å². The second kappa shape index (κ2) is 10.2. The van der Waals surface area contributed by atoms with Crippen LogP contribution in [0.1, 0.15) is 11.1 Å². The molecule has 0 saturated carbocycles. The lowest BCUT2D eigenvalue weighted by molar-refractivity contribution is -0.113. The van der Waals surface area contributed by atoms with Crippen molar-refractivity contribution in [3.05, 3.63) is 91.7 Å². The lowest BCUT2D eigenvalue weighted by Gasteiger charge is -2.14. The zero-order valence-electron chi connectivity index (χ0n) is 16.9. The molecule has 1 saturated heterocycles. The molecule has 1 aliphatic heterocycles. The first-order valence-corrected chi connectivity index (χ1v) is 12.3. The molecule has 1 amide bonds. The Kier molecular flexibility index (Phi) is 7.35. The minimum absolute atomic E-state index is 0.146. The quantitative estimate of drug-likeness (QED) is 0.224. The summed E-state index contributed by atoms with van der Waals surface area (Å²) in [5, 5.41) is 0. The van der Waals surface area contributed by atoms with Crippen molar-refractivity contribution < 1.29 is 14.3 Å². The van der Waals surface area contributed by atoms with Gasteiger partial charge in [0.15, 0.2) is 15.8 Å². The van der Waals surface area contributed by atoms with Gasteiger partial charge in [0.25, 0.3) is 5.91 Å². The van der Waals surface area contributed by atoms with Gasteiger partial charge >= 0.3 is 0 Å². The maximum absolute atomic E-state index is 13.0. The average molecular weight is 591 g/mol. The number of halogens is 2. The third-order valence-corrected chi connectivity index (χ3v) is 7.20. The molecule has 0 bridgehead atoms. The first kappa shape index (κ1) is 23.0. The molecule has 8 heteroatoms. The number of para-hydroxylation sites is 1. The van der Waals surface area contributed by atoms with Crippen molar-refractivity contribution in [3.8, 4) is 11.5 Å². The number of carbonyl (C=O) groups is 1. The number of hydrogen-bond donors (Lipinski definition) is 0. The van der Waals surface area contributed by atoms with Crippen LogP contribution in [-0.2, 0) is 11.4 Å². The van der Waals surface area contributed by atoms with Crippen molar-refractivity contribution in [1.29, 1.82) is 0 Å². The molecule has 0 unspecified atom stereocenters. The first-order valence-electron chi connectivity index (χ1n) is 9.54. The number of thiocarbonyl (C=S) groups is 1. The van der Waals surface area contributed by atoms with Crippen LogP contribution in [0.3, 0.4) is 0 Å². The van der Waals surface area contributed by atoms with Crippen LogP contribution in [0.4, 0.5) is 5.69 Å². The second-order valence-electron chi connectivity index (χ2n) is 6.79. The van der Waals surface area contributed by atoms with Gasteiger partial charge in [-0.1, -0.05) is 86.2 Å². The van der Waals surface area contributed by atoms with E-state index in [0.29, 0.717) is 27.3 Å².